The summed E-state index contributed by atoms with van der Waals surface area (Å²) >= 11 is 0. The highest BCUT2D eigenvalue weighted by Gasteiger charge is 2.27. The number of aryl methyl sites for hydroxylation is 2. The lowest BCUT2D eigenvalue weighted by molar-refractivity contribution is 0.421. The Hall–Kier alpha value is -1.96. The SMILES string of the molecule is CC(C)(C)c1cc(CCCCCCCCc2cc(C(C)(C)C)c(O)c(C(C)(C)C)c2)cc(C(C)(C)C)c1O. The second-order valence-corrected chi connectivity index (χ2v) is 15.7. The Balaban J connectivity index is 1.91. The molecule has 2 heteroatoms. The van der Waals surface area contributed by atoms with Crippen molar-refractivity contribution in [3.8, 4) is 11.5 Å². The highest BCUT2D eigenvalue weighted by atomic mass is 16.3. The van der Waals surface area contributed by atoms with Gasteiger partial charge in [-0.05, 0) is 80.7 Å². The van der Waals surface area contributed by atoms with Crippen LogP contribution in [0.15, 0.2) is 24.3 Å². The smallest absolute Gasteiger partial charge is 0.123 e. The predicted octanol–water partition coefficient (Wildman–Crippen LogP) is 10.4. The van der Waals surface area contributed by atoms with Gasteiger partial charge in [-0.25, -0.2) is 0 Å². The zero-order chi connectivity index (χ0) is 29.1. The molecule has 0 aromatic heterocycles. The van der Waals surface area contributed by atoms with Crippen LogP contribution in [0.25, 0.3) is 0 Å². The Morgan fingerprint density at radius 1 is 0.395 bits per heavy atom. The summed E-state index contributed by atoms with van der Waals surface area (Å²) in [6.07, 6.45) is 9.57. The minimum Gasteiger partial charge on any atom is -0.507 e. The van der Waals surface area contributed by atoms with E-state index >= 15 is 0 Å². The van der Waals surface area contributed by atoms with Crippen LogP contribution in [0, 0.1) is 0 Å². The number of phenolic OH excluding ortho intramolecular Hbond substituents is 2. The largest absolute Gasteiger partial charge is 0.507 e. The summed E-state index contributed by atoms with van der Waals surface area (Å²) in [6.45, 7) is 26.2. The van der Waals surface area contributed by atoms with Crippen LogP contribution in [0.4, 0.5) is 0 Å². The van der Waals surface area contributed by atoms with Gasteiger partial charge in [-0.2, -0.15) is 0 Å². The number of hydrogen-bond donors (Lipinski definition) is 2. The number of phenols is 2. The molecule has 2 N–H and O–H groups in total. The van der Waals surface area contributed by atoms with Crippen LogP contribution in [-0.2, 0) is 34.5 Å². The summed E-state index contributed by atoms with van der Waals surface area (Å²) in [5.41, 5.74) is 6.70. The Morgan fingerprint density at radius 3 is 0.816 bits per heavy atom. The Bertz CT molecular complexity index is 905. The zero-order valence-corrected chi connectivity index (χ0v) is 26.9. The first-order valence-electron chi connectivity index (χ1n) is 15.0. The molecule has 0 amide bonds. The summed E-state index contributed by atoms with van der Waals surface area (Å²) in [6, 6.07) is 8.94. The van der Waals surface area contributed by atoms with Crippen LogP contribution in [-0.4, -0.2) is 10.2 Å². The molecule has 0 spiro atoms. The van der Waals surface area contributed by atoms with Gasteiger partial charge >= 0.3 is 0 Å². The molecule has 0 atom stereocenters. The average Bonchev–Trinajstić information content (AvgIpc) is 2.74. The van der Waals surface area contributed by atoms with Crippen molar-refractivity contribution in [2.45, 2.75) is 156 Å². The number of hydrogen-bond acceptors (Lipinski definition) is 2. The zero-order valence-electron chi connectivity index (χ0n) is 26.9. The van der Waals surface area contributed by atoms with Crippen molar-refractivity contribution < 1.29 is 10.2 Å². The van der Waals surface area contributed by atoms with E-state index in [2.05, 4.69) is 107 Å². The molecule has 0 saturated carbocycles. The monoisotopic (exact) mass is 522 g/mol. The van der Waals surface area contributed by atoms with Crippen molar-refractivity contribution in [3.05, 3.63) is 57.6 Å². The van der Waals surface area contributed by atoms with Crippen molar-refractivity contribution in [1.82, 2.24) is 0 Å². The first-order valence-corrected chi connectivity index (χ1v) is 15.0. The van der Waals surface area contributed by atoms with Crippen molar-refractivity contribution in [2.24, 2.45) is 0 Å². The Kier molecular flexibility index (Phi) is 10.2. The van der Waals surface area contributed by atoms with E-state index in [0.29, 0.717) is 11.5 Å². The van der Waals surface area contributed by atoms with E-state index in [9.17, 15) is 10.2 Å². The lowest BCUT2D eigenvalue weighted by atomic mass is 9.78. The second kappa shape index (κ2) is 12.1. The van der Waals surface area contributed by atoms with Crippen LogP contribution < -0.4 is 0 Å². The van der Waals surface area contributed by atoms with E-state index < -0.39 is 0 Å². The lowest BCUT2D eigenvalue weighted by Gasteiger charge is -2.28. The molecule has 214 valence electrons. The summed E-state index contributed by atoms with van der Waals surface area (Å²) in [5, 5.41) is 21.9. The van der Waals surface area contributed by atoms with Gasteiger partial charge < -0.3 is 10.2 Å². The van der Waals surface area contributed by atoms with E-state index in [1.165, 1.54) is 49.7 Å². The maximum Gasteiger partial charge on any atom is 0.123 e. The molecule has 0 radical (unpaired) electrons. The highest BCUT2D eigenvalue weighted by molar-refractivity contribution is 5.51. The molecule has 0 aliphatic carbocycles. The summed E-state index contributed by atoms with van der Waals surface area (Å²) in [4.78, 5) is 0. The summed E-state index contributed by atoms with van der Waals surface area (Å²) in [7, 11) is 0. The standard InChI is InChI=1S/C36H58O2/c1-33(2,3)27-21-25(22-28(31(27)37)34(4,5)6)19-17-15-13-14-16-18-20-26-23-29(35(7,8)9)32(38)30(24-26)36(10,11)12/h21-24,37-38H,13-20H2,1-12H3. The molecule has 2 nitrogen and oxygen atoms in total. The van der Waals surface area contributed by atoms with Gasteiger partial charge in [0.1, 0.15) is 11.5 Å². The minimum absolute atomic E-state index is 0.0706. The van der Waals surface area contributed by atoms with Crippen molar-refractivity contribution in [1.29, 1.82) is 0 Å². The number of rotatable bonds is 9. The van der Waals surface area contributed by atoms with E-state index in [1.54, 1.807) is 0 Å². The second-order valence-electron chi connectivity index (χ2n) is 15.7. The van der Waals surface area contributed by atoms with Crippen LogP contribution in [0.1, 0.15) is 155 Å². The normalized spacial score (nSPS) is 13.3. The molecule has 0 bridgehead atoms. The number of unbranched alkanes of at least 4 members (excludes halogenated alkanes) is 5. The van der Waals surface area contributed by atoms with Gasteiger partial charge in [0, 0.05) is 0 Å². The van der Waals surface area contributed by atoms with E-state index in [1.807, 2.05) is 0 Å². The number of benzene rings is 2. The van der Waals surface area contributed by atoms with Crippen molar-refractivity contribution in [3.63, 3.8) is 0 Å². The van der Waals surface area contributed by atoms with Gasteiger partial charge in [0.05, 0.1) is 0 Å². The first kappa shape index (κ1) is 32.3. The molecular weight excluding hydrogens is 464 g/mol. The van der Waals surface area contributed by atoms with Gasteiger partial charge in [-0.3, -0.25) is 0 Å². The molecule has 0 aliphatic heterocycles. The highest BCUT2D eigenvalue weighted by Crippen LogP contribution is 2.41. The van der Waals surface area contributed by atoms with Gasteiger partial charge in [-0.1, -0.05) is 133 Å². The van der Waals surface area contributed by atoms with Crippen molar-refractivity contribution in [2.75, 3.05) is 0 Å². The topological polar surface area (TPSA) is 40.5 Å². The van der Waals surface area contributed by atoms with Gasteiger partial charge in [-0.15, -0.1) is 0 Å². The third-order valence-electron chi connectivity index (χ3n) is 7.75. The van der Waals surface area contributed by atoms with Gasteiger partial charge in [0.15, 0.2) is 0 Å². The molecule has 0 saturated heterocycles. The predicted molar refractivity (Wildman–Crippen MR) is 166 cm³/mol. The lowest BCUT2D eigenvalue weighted by Crippen LogP contribution is -2.18. The molecular formula is C36H58O2. The third kappa shape index (κ3) is 8.78. The van der Waals surface area contributed by atoms with Crippen LogP contribution in [0.5, 0.6) is 11.5 Å². The average molecular weight is 523 g/mol. The van der Waals surface area contributed by atoms with Crippen LogP contribution >= 0.6 is 0 Å². The third-order valence-corrected chi connectivity index (χ3v) is 7.75. The molecule has 0 unspecified atom stereocenters. The summed E-state index contributed by atoms with van der Waals surface area (Å²) in [5.74, 6) is 0.957. The van der Waals surface area contributed by atoms with Crippen LogP contribution in [0.2, 0.25) is 0 Å². The fourth-order valence-electron chi connectivity index (χ4n) is 5.33. The Morgan fingerprint density at radius 2 is 0.605 bits per heavy atom. The van der Waals surface area contributed by atoms with E-state index in [0.717, 1.165) is 35.1 Å². The molecule has 0 heterocycles. The minimum atomic E-state index is -0.0706. The number of aromatic hydroxyl groups is 2. The maximum absolute atomic E-state index is 11.0. The van der Waals surface area contributed by atoms with Gasteiger partial charge in [0.25, 0.3) is 0 Å². The first-order chi connectivity index (χ1) is 17.2. The molecule has 2 aromatic rings. The molecule has 0 aliphatic rings. The van der Waals surface area contributed by atoms with E-state index in [-0.39, 0.29) is 21.7 Å². The van der Waals surface area contributed by atoms with Gasteiger partial charge in [0.2, 0.25) is 0 Å². The molecule has 2 aromatic carbocycles. The quantitative estimate of drug-likeness (QED) is 0.322. The molecule has 38 heavy (non-hydrogen) atoms. The fraction of sp³-hybridized carbons (Fsp3) is 0.667. The van der Waals surface area contributed by atoms with Crippen LogP contribution in [0.3, 0.4) is 0 Å². The fourth-order valence-corrected chi connectivity index (χ4v) is 5.33. The van der Waals surface area contributed by atoms with E-state index in [4.69, 9.17) is 0 Å². The molecule has 2 rings (SSSR count). The van der Waals surface area contributed by atoms with Crippen molar-refractivity contribution >= 4 is 0 Å². The maximum atomic E-state index is 11.0. The molecule has 0 fully saturated rings. The Labute approximate surface area is 235 Å². The summed E-state index contributed by atoms with van der Waals surface area (Å²) < 4.78 is 0.